The number of benzene rings is 1. The smallest absolute Gasteiger partial charge is 0.105 e. The van der Waals surface area contributed by atoms with Gasteiger partial charge in [-0.25, -0.2) is 4.98 Å². The molecule has 3 rings (SSSR count). The highest BCUT2D eigenvalue weighted by atomic mass is 32.2. The minimum Gasteiger partial charge on any atom is -0.294 e. The average Bonchev–Trinajstić information content (AvgIpc) is 2.56. The summed E-state index contributed by atoms with van der Waals surface area (Å²) in [6.45, 7) is 5.81. The third kappa shape index (κ3) is 3.53. The van der Waals surface area contributed by atoms with E-state index in [0.717, 1.165) is 5.03 Å². The summed E-state index contributed by atoms with van der Waals surface area (Å²) in [4.78, 5) is 8.57. The van der Waals surface area contributed by atoms with Crippen LogP contribution in [-0.4, -0.2) is 22.5 Å². The Balaban J connectivity index is 1.90. The van der Waals surface area contributed by atoms with Gasteiger partial charge in [0.1, 0.15) is 5.03 Å². The summed E-state index contributed by atoms with van der Waals surface area (Å²) in [5, 5.41) is 1.16. The fourth-order valence-corrected chi connectivity index (χ4v) is 4.20. The molecule has 0 aliphatic carbocycles. The lowest BCUT2D eigenvalue weighted by molar-refractivity contribution is 0.110. The molecule has 3 heteroatoms. The number of hydrogen-bond acceptors (Lipinski definition) is 3. The Labute approximate surface area is 138 Å². The van der Waals surface area contributed by atoms with Crippen molar-refractivity contribution < 1.29 is 0 Å². The highest BCUT2D eigenvalue weighted by molar-refractivity contribution is 7.99. The van der Waals surface area contributed by atoms with Crippen LogP contribution in [0.4, 0.5) is 0 Å². The van der Waals surface area contributed by atoms with Gasteiger partial charge in [-0.15, -0.1) is 0 Å². The predicted octanol–water partition coefficient (Wildman–Crippen LogP) is 5.17. The molecule has 2 nitrogen and oxygen atoms in total. The van der Waals surface area contributed by atoms with Crippen LogP contribution in [-0.2, 0) is 0 Å². The Morgan fingerprint density at radius 1 is 1.09 bits per heavy atom. The number of rotatable bonds is 4. The highest BCUT2D eigenvalue weighted by Crippen LogP contribution is 2.38. The fourth-order valence-electron chi connectivity index (χ4n) is 3.25. The van der Waals surface area contributed by atoms with Gasteiger partial charge in [-0.2, -0.15) is 0 Å². The molecule has 116 valence electrons. The maximum Gasteiger partial charge on any atom is 0.105 e. The third-order valence-electron chi connectivity index (χ3n) is 4.32. The van der Waals surface area contributed by atoms with E-state index >= 15 is 0 Å². The van der Waals surface area contributed by atoms with Gasteiger partial charge in [0.25, 0.3) is 0 Å². The molecule has 0 saturated carbocycles. The number of hydrogen-bond donors (Lipinski definition) is 0. The lowest BCUT2D eigenvalue weighted by atomic mass is 9.95. The van der Waals surface area contributed by atoms with Crippen LogP contribution in [0.25, 0.3) is 0 Å². The molecule has 1 aromatic carbocycles. The van der Waals surface area contributed by atoms with Crippen molar-refractivity contribution in [2.45, 2.75) is 55.1 Å². The third-order valence-corrected chi connectivity index (χ3v) is 5.37. The molecule has 2 heterocycles. The second kappa shape index (κ2) is 7.30. The van der Waals surface area contributed by atoms with E-state index in [4.69, 9.17) is 0 Å². The molecule has 22 heavy (non-hydrogen) atoms. The maximum atomic E-state index is 4.68. The SMILES string of the molecule is CC(C)N1CCCC[C@H]1c1cccnc1Sc1ccccc1. The molecule has 1 aliphatic heterocycles. The van der Waals surface area contributed by atoms with Gasteiger partial charge in [0, 0.05) is 28.7 Å². The molecule has 1 fully saturated rings. The Kier molecular flexibility index (Phi) is 5.16. The van der Waals surface area contributed by atoms with E-state index in [1.807, 2.05) is 6.20 Å². The van der Waals surface area contributed by atoms with Gasteiger partial charge >= 0.3 is 0 Å². The molecular formula is C19H24N2S. The lowest BCUT2D eigenvalue weighted by Gasteiger charge is -2.39. The number of piperidine rings is 1. The molecule has 0 radical (unpaired) electrons. The first kappa shape index (κ1) is 15.6. The number of aromatic nitrogens is 1. The van der Waals surface area contributed by atoms with Crippen LogP contribution in [0.15, 0.2) is 58.6 Å². The van der Waals surface area contributed by atoms with Gasteiger partial charge in [0.05, 0.1) is 0 Å². The minimum absolute atomic E-state index is 0.508. The van der Waals surface area contributed by atoms with Crippen molar-refractivity contribution in [3.63, 3.8) is 0 Å². The first-order valence-corrected chi connectivity index (χ1v) is 9.01. The Hall–Kier alpha value is -1.32. The molecule has 0 amide bonds. The first-order valence-electron chi connectivity index (χ1n) is 8.19. The van der Waals surface area contributed by atoms with Gasteiger partial charge < -0.3 is 0 Å². The summed E-state index contributed by atoms with van der Waals surface area (Å²) in [6, 6.07) is 16.0. The molecular weight excluding hydrogens is 288 g/mol. The molecule has 0 spiro atoms. The van der Waals surface area contributed by atoms with Crippen molar-refractivity contribution in [3.8, 4) is 0 Å². The largest absolute Gasteiger partial charge is 0.294 e. The number of likely N-dealkylation sites (tertiary alicyclic amines) is 1. The average molecular weight is 312 g/mol. The number of pyridine rings is 1. The van der Waals surface area contributed by atoms with Crippen molar-refractivity contribution >= 4 is 11.8 Å². The highest BCUT2D eigenvalue weighted by Gasteiger charge is 2.28. The summed E-state index contributed by atoms with van der Waals surface area (Å²) in [6.07, 6.45) is 5.79. The number of nitrogens with zero attached hydrogens (tertiary/aromatic N) is 2. The van der Waals surface area contributed by atoms with Crippen molar-refractivity contribution in [3.05, 3.63) is 54.2 Å². The van der Waals surface area contributed by atoms with E-state index in [-0.39, 0.29) is 0 Å². The molecule has 1 saturated heterocycles. The summed E-state index contributed by atoms with van der Waals surface area (Å²) >= 11 is 1.78. The van der Waals surface area contributed by atoms with Gasteiger partial charge in [-0.1, -0.05) is 42.4 Å². The fraction of sp³-hybridized carbons (Fsp3) is 0.421. The molecule has 0 N–H and O–H groups in total. The van der Waals surface area contributed by atoms with Crippen LogP contribution in [0.3, 0.4) is 0 Å². The van der Waals surface area contributed by atoms with E-state index in [2.05, 4.69) is 66.2 Å². The molecule has 1 aromatic heterocycles. The monoisotopic (exact) mass is 312 g/mol. The lowest BCUT2D eigenvalue weighted by Crippen LogP contribution is -2.38. The standard InChI is InChI=1S/C19H24N2S/c1-15(2)21-14-7-6-12-18(21)17-11-8-13-20-19(17)22-16-9-4-3-5-10-16/h3-5,8-11,13,15,18H,6-7,12,14H2,1-2H3/t18-/m0/s1. The second-order valence-electron chi connectivity index (χ2n) is 6.16. The van der Waals surface area contributed by atoms with Gasteiger partial charge in [-0.05, 0) is 51.4 Å². The molecule has 0 bridgehead atoms. The van der Waals surface area contributed by atoms with Crippen LogP contribution in [0.2, 0.25) is 0 Å². The van der Waals surface area contributed by atoms with Crippen LogP contribution >= 0.6 is 11.8 Å². The Bertz CT molecular complexity index is 597. The van der Waals surface area contributed by atoms with Gasteiger partial charge in [-0.3, -0.25) is 4.90 Å². The second-order valence-corrected chi connectivity index (χ2v) is 7.22. The minimum atomic E-state index is 0.508. The van der Waals surface area contributed by atoms with Crippen molar-refractivity contribution in [2.75, 3.05) is 6.54 Å². The summed E-state index contributed by atoms with van der Waals surface area (Å²) < 4.78 is 0. The predicted molar refractivity (Wildman–Crippen MR) is 93.2 cm³/mol. The van der Waals surface area contributed by atoms with Crippen molar-refractivity contribution in [1.82, 2.24) is 9.88 Å². The maximum absolute atomic E-state index is 4.68. The summed E-state index contributed by atoms with van der Waals surface area (Å²) in [5.41, 5.74) is 1.39. The van der Waals surface area contributed by atoms with Crippen molar-refractivity contribution in [1.29, 1.82) is 0 Å². The van der Waals surface area contributed by atoms with Crippen LogP contribution < -0.4 is 0 Å². The molecule has 2 aromatic rings. The zero-order valence-corrected chi connectivity index (χ0v) is 14.2. The molecule has 0 unspecified atom stereocenters. The Morgan fingerprint density at radius 2 is 1.91 bits per heavy atom. The van der Waals surface area contributed by atoms with Gasteiger partial charge in [0.15, 0.2) is 0 Å². The summed E-state index contributed by atoms with van der Waals surface area (Å²) in [5.74, 6) is 0. The van der Waals surface area contributed by atoms with Crippen LogP contribution in [0, 0.1) is 0 Å². The van der Waals surface area contributed by atoms with Gasteiger partial charge in [0.2, 0.25) is 0 Å². The zero-order valence-electron chi connectivity index (χ0n) is 13.4. The zero-order chi connectivity index (χ0) is 15.4. The van der Waals surface area contributed by atoms with E-state index in [1.165, 1.54) is 36.3 Å². The quantitative estimate of drug-likeness (QED) is 0.775. The van der Waals surface area contributed by atoms with Crippen LogP contribution in [0.1, 0.15) is 44.7 Å². The normalized spacial score (nSPS) is 19.5. The van der Waals surface area contributed by atoms with Crippen LogP contribution in [0.5, 0.6) is 0 Å². The van der Waals surface area contributed by atoms with E-state index < -0.39 is 0 Å². The molecule has 1 aliphatic rings. The van der Waals surface area contributed by atoms with E-state index in [0.29, 0.717) is 12.1 Å². The first-order chi connectivity index (χ1) is 10.8. The van der Waals surface area contributed by atoms with Crippen molar-refractivity contribution in [2.24, 2.45) is 0 Å². The molecule has 1 atom stereocenters. The Morgan fingerprint density at radius 3 is 2.68 bits per heavy atom. The van der Waals surface area contributed by atoms with E-state index in [1.54, 1.807) is 11.8 Å². The van der Waals surface area contributed by atoms with E-state index in [9.17, 15) is 0 Å². The topological polar surface area (TPSA) is 16.1 Å². The summed E-state index contributed by atoms with van der Waals surface area (Å²) in [7, 11) is 0.